The summed E-state index contributed by atoms with van der Waals surface area (Å²) < 4.78 is 0. The van der Waals surface area contributed by atoms with Gasteiger partial charge in [0.05, 0.1) is 0 Å². The molecule has 2 N–H and O–H groups in total. The van der Waals surface area contributed by atoms with Crippen LogP contribution in [0, 0.1) is 11.8 Å². The predicted molar refractivity (Wildman–Crippen MR) is 106 cm³/mol. The zero-order valence-electron chi connectivity index (χ0n) is 15.6. The van der Waals surface area contributed by atoms with Gasteiger partial charge in [0.15, 0.2) is 0 Å². The fraction of sp³-hybridized carbons (Fsp3) is 0.600. The molecule has 0 heterocycles. The Bertz CT molecular complexity index is 649. The van der Waals surface area contributed by atoms with E-state index in [0.717, 1.165) is 24.8 Å². The highest BCUT2D eigenvalue weighted by molar-refractivity contribution is 6.35. The maximum Gasteiger partial charge on any atom is 0.223 e. The summed E-state index contributed by atoms with van der Waals surface area (Å²) in [5.74, 6) is -0.109. The van der Waals surface area contributed by atoms with Gasteiger partial charge in [-0.05, 0) is 57.2 Å². The Kier molecular flexibility index (Phi) is 7.78. The normalized spacial score (nSPS) is 21.3. The third-order valence-electron chi connectivity index (χ3n) is 4.81. The van der Waals surface area contributed by atoms with Crippen LogP contribution in [0.1, 0.15) is 52.0 Å². The van der Waals surface area contributed by atoms with E-state index in [1.54, 1.807) is 12.1 Å². The van der Waals surface area contributed by atoms with Gasteiger partial charge in [0.25, 0.3) is 0 Å². The van der Waals surface area contributed by atoms with Crippen LogP contribution < -0.4 is 10.6 Å². The molecule has 1 aromatic rings. The van der Waals surface area contributed by atoms with Crippen LogP contribution in [-0.2, 0) is 16.0 Å². The number of hydrogen-bond acceptors (Lipinski definition) is 2. The summed E-state index contributed by atoms with van der Waals surface area (Å²) in [6, 6.07) is 5.54. The highest BCUT2D eigenvalue weighted by Gasteiger charge is 2.29. The molecule has 1 saturated carbocycles. The van der Waals surface area contributed by atoms with E-state index in [1.807, 2.05) is 26.8 Å². The fourth-order valence-corrected chi connectivity index (χ4v) is 3.90. The first-order valence-corrected chi connectivity index (χ1v) is 10.1. The summed E-state index contributed by atoms with van der Waals surface area (Å²) in [4.78, 5) is 24.8. The van der Waals surface area contributed by atoms with Gasteiger partial charge in [0.2, 0.25) is 11.8 Å². The molecule has 4 nitrogen and oxygen atoms in total. The first kappa shape index (κ1) is 21.0. The van der Waals surface area contributed by atoms with Crippen molar-refractivity contribution < 1.29 is 9.59 Å². The molecule has 3 atom stereocenters. The van der Waals surface area contributed by atoms with Gasteiger partial charge in [-0.2, -0.15) is 0 Å². The topological polar surface area (TPSA) is 58.2 Å². The van der Waals surface area contributed by atoms with Crippen molar-refractivity contribution in [2.45, 2.75) is 65.0 Å². The smallest absolute Gasteiger partial charge is 0.223 e. The van der Waals surface area contributed by atoms with Gasteiger partial charge in [-0.15, -0.1) is 0 Å². The molecule has 0 spiro atoms. The van der Waals surface area contributed by atoms with Crippen LogP contribution in [0.4, 0.5) is 0 Å². The number of carbonyl (C=O) groups is 2. The number of rotatable bonds is 6. The molecule has 2 amide bonds. The van der Waals surface area contributed by atoms with Gasteiger partial charge in [0, 0.05) is 34.0 Å². The third kappa shape index (κ3) is 6.17. The van der Waals surface area contributed by atoms with E-state index in [-0.39, 0.29) is 35.7 Å². The van der Waals surface area contributed by atoms with E-state index in [2.05, 4.69) is 10.6 Å². The number of benzene rings is 1. The second kappa shape index (κ2) is 9.61. The Balaban J connectivity index is 1.88. The molecule has 144 valence electrons. The Morgan fingerprint density at radius 3 is 2.58 bits per heavy atom. The van der Waals surface area contributed by atoms with E-state index in [0.29, 0.717) is 22.9 Å². The minimum atomic E-state index is -0.196. The molecule has 1 aliphatic rings. The van der Waals surface area contributed by atoms with Crippen LogP contribution in [-0.4, -0.2) is 23.9 Å². The molecule has 0 aliphatic heterocycles. The lowest BCUT2D eigenvalue weighted by atomic mass is 9.84. The summed E-state index contributed by atoms with van der Waals surface area (Å²) in [5, 5.41) is 7.27. The van der Waals surface area contributed by atoms with Crippen molar-refractivity contribution in [1.82, 2.24) is 10.6 Å². The summed E-state index contributed by atoms with van der Waals surface area (Å²) in [6.07, 6.45) is 4.04. The summed E-state index contributed by atoms with van der Waals surface area (Å²) in [6.45, 7) is 5.82. The highest BCUT2D eigenvalue weighted by Crippen LogP contribution is 2.26. The average molecular weight is 399 g/mol. The third-order valence-corrected chi connectivity index (χ3v) is 5.40. The molecule has 0 aromatic heterocycles. The van der Waals surface area contributed by atoms with Crippen LogP contribution in [0.3, 0.4) is 0 Å². The molecule has 0 radical (unpaired) electrons. The zero-order chi connectivity index (χ0) is 19.3. The molecule has 0 saturated heterocycles. The molecule has 2 rings (SSSR count). The predicted octanol–water partition coefficient (Wildman–Crippen LogP) is 4.37. The molecule has 26 heavy (non-hydrogen) atoms. The van der Waals surface area contributed by atoms with Gasteiger partial charge < -0.3 is 10.6 Å². The van der Waals surface area contributed by atoms with Gasteiger partial charge in [-0.1, -0.05) is 42.6 Å². The molecule has 1 aliphatic carbocycles. The van der Waals surface area contributed by atoms with E-state index >= 15 is 0 Å². The first-order chi connectivity index (χ1) is 12.3. The van der Waals surface area contributed by atoms with Gasteiger partial charge in [0.1, 0.15) is 0 Å². The van der Waals surface area contributed by atoms with E-state index < -0.39 is 0 Å². The molecule has 6 heteroatoms. The molecule has 3 unspecified atom stereocenters. The zero-order valence-corrected chi connectivity index (χ0v) is 17.2. The van der Waals surface area contributed by atoms with Gasteiger partial charge in [-0.3, -0.25) is 9.59 Å². The summed E-state index contributed by atoms with van der Waals surface area (Å²) in [5.41, 5.74) is 0.913. The Labute approximate surface area is 166 Å². The molecule has 1 fully saturated rings. The maximum absolute atomic E-state index is 12.6. The second-order valence-corrected chi connectivity index (χ2v) is 8.42. The number of nitrogens with one attached hydrogen (secondary N) is 2. The van der Waals surface area contributed by atoms with E-state index in [9.17, 15) is 9.59 Å². The van der Waals surface area contributed by atoms with Crippen molar-refractivity contribution in [2.24, 2.45) is 11.8 Å². The summed E-state index contributed by atoms with van der Waals surface area (Å²) >= 11 is 12.1. The van der Waals surface area contributed by atoms with Crippen LogP contribution in [0.25, 0.3) is 0 Å². The average Bonchev–Trinajstić information content (AvgIpc) is 2.57. The minimum Gasteiger partial charge on any atom is -0.354 e. The fourth-order valence-electron chi connectivity index (χ4n) is 3.41. The number of halogens is 2. The lowest BCUT2D eigenvalue weighted by Crippen LogP contribution is -2.45. The van der Waals surface area contributed by atoms with E-state index in [4.69, 9.17) is 23.2 Å². The van der Waals surface area contributed by atoms with Crippen molar-refractivity contribution in [3.8, 4) is 0 Å². The van der Waals surface area contributed by atoms with Crippen molar-refractivity contribution in [2.75, 3.05) is 0 Å². The molecule has 0 bridgehead atoms. The largest absolute Gasteiger partial charge is 0.354 e. The first-order valence-electron chi connectivity index (χ1n) is 9.31. The Morgan fingerprint density at radius 2 is 1.92 bits per heavy atom. The minimum absolute atomic E-state index is 0.00549. The number of carbonyl (C=O) groups excluding carboxylic acids is 2. The molecular formula is C20H28Cl2N2O2. The summed E-state index contributed by atoms with van der Waals surface area (Å²) in [7, 11) is 0. The van der Waals surface area contributed by atoms with Crippen LogP contribution in [0.15, 0.2) is 18.2 Å². The van der Waals surface area contributed by atoms with Crippen molar-refractivity contribution in [1.29, 1.82) is 0 Å². The molecular weight excluding hydrogens is 371 g/mol. The maximum atomic E-state index is 12.6. The SMILES string of the molecule is CC(C)NC(=O)C1CCCC(NC(=O)C(C)Cc2ccc(Cl)cc2Cl)C1. The second-order valence-electron chi connectivity index (χ2n) is 7.57. The number of amides is 2. The molecule has 1 aromatic carbocycles. The van der Waals surface area contributed by atoms with Crippen LogP contribution >= 0.6 is 23.2 Å². The highest BCUT2D eigenvalue weighted by atomic mass is 35.5. The van der Waals surface area contributed by atoms with Gasteiger partial charge >= 0.3 is 0 Å². The van der Waals surface area contributed by atoms with Crippen LogP contribution in [0.2, 0.25) is 10.0 Å². The number of hydrogen-bond donors (Lipinski definition) is 2. The lowest BCUT2D eigenvalue weighted by Gasteiger charge is -2.30. The van der Waals surface area contributed by atoms with Crippen molar-refractivity contribution in [3.63, 3.8) is 0 Å². The Morgan fingerprint density at radius 1 is 1.19 bits per heavy atom. The van der Waals surface area contributed by atoms with Crippen LogP contribution in [0.5, 0.6) is 0 Å². The van der Waals surface area contributed by atoms with Crippen molar-refractivity contribution in [3.05, 3.63) is 33.8 Å². The monoisotopic (exact) mass is 398 g/mol. The lowest BCUT2D eigenvalue weighted by molar-refractivity contribution is -0.129. The quantitative estimate of drug-likeness (QED) is 0.746. The van der Waals surface area contributed by atoms with Gasteiger partial charge in [-0.25, -0.2) is 0 Å². The Hall–Kier alpha value is -1.26. The standard InChI is InChI=1S/C20H28Cl2N2O2/c1-12(2)23-20(26)15-5-4-6-17(10-15)24-19(25)13(3)9-14-7-8-16(21)11-18(14)22/h7-8,11-13,15,17H,4-6,9-10H2,1-3H3,(H,23,26)(H,24,25). The van der Waals surface area contributed by atoms with E-state index in [1.165, 1.54) is 0 Å². The van der Waals surface area contributed by atoms with Crippen molar-refractivity contribution >= 4 is 35.0 Å².